The Hall–Kier alpha value is -4.79. The lowest BCUT2D eigenvalue weighted by Crippen LogP contribution is -1.97. The third-order valence-corrected chi connectivity index (χ3v) is 5.98. The number of fused-ring (bicyclic) bond motifs is 2. The molecule has 0 unspecified atom stereocenters. The van der Waals surface area contributed by atoms with E-state index in [4.69, 9.17) is 0 Å². The van der Waals surface area contributed by atoms with Gasteiger partial charge >= 0.3 is 0 Å². The van der Waals surface area contributed by atoms with Crippen molar-refractivity contribution in [1.29, 1.82) is 0 Å². The molecule has 0 aromatic carbocycles. The number of allylic oxidation sites excluding steroid dienone is 1. The lowest BCUT2D eigenvalue weighted by atomic mass is 10.1. The van der Waals surface area contributed by atoms with Gasteiger partial charge in [-0.15, -0.1) is 0 Å². The number of aromatic nitrogens is 8. The van der Waals surface area contributed by atoms with Gasteiger partial charge in [-0.25, -0.2) is 9.97 Å². The van der Waals surface area contributed by atoms with Gasteiger partial charge in [0, 0.05) is 40.6 Å². The molecule has 0 radical (unpaired) electrons. The van der Waals surface area contributed by atoms with Crippen molar-refractivity contribution >= 4 is 27.6 Å². The first-order valence-corrected chi connectivity index (χ1v) is 11.3. The summed E-state index contributed by atoms with van der Waals surface area (Å²) in [5.74, 6) is 0. The number of nitrogens with one attached hydrogen (secondary N) is 3. The Kier molecular flexibility index (Phi) is 4.88. The number of anilines is 1. The molecule has 9 heteroatoms. The van der Waals surface area contributed by atoms with E-state index >= 15 is 0 Å². The van der Waals surface area contributed by atoms with Crippen molar-refractivity contribution in [2.45, 2.75) is 20.3 Å². The molecule has 6 rings (SSSR count). The van der Waals surface area contributed by atoms with Gasteiger partial charge in [-0.05, 0) is 37.6 Å². The van der Waals surface area contributed by atoms with Crippen LogP contribution in [0.2, 0.25) is 0 Å². The summed E-state index contributed by atoms with van der Waals surface area (Å²) >= 11 is 0. The molecule has 0 bridgehead atoms. The molecular formula is C26H23N9. The second-order valence-corrected chi connectivity index (χ2v) is 8.43. The van der Waals surface area contributed by atoms with E-state index in [0.29, 0.717) is 0 Å². The number of rotatable bonds is 6. The van der Waals surface area contributed by atoms with Crippen LogP contribution in [0, 0.1) is 6.92 Å². The first kappa shape index (κ1) is 20.8. The van der Waals surface area contributed by atoms with Gasteiger partial charge < -0.3 is 14.9 Å². The Morgan fingerprint density at radius 1 is 1.09 bits per heavy atom. The summed E-state index contributed by atoms with van der Waals surface area (Å²) in [7, 11) is 0. The Morgan fingerprint density at radius 2 is 2.00 bits per heavy atom. The highest BCUT2D eigenvalue weighted by molar-refractivity contribution is 5.97. The zero-order chi connectivity index (χ0) is 23.9. The summed E-state index contributed by atoms with van der Waals surface area (Å²) in [5.41, 5.74) is 8.79. The van der Waals surface area contributed by atoms with Crippen LogP contribution in [0.5, 0.6) is 0 Å². The van der Waals surface area contributed by atoms with Gasteiger partial charge in [0.2, 0.25) is 0 Å². The van der Waals surface area contributed by atoms with E-state index in [0.717, 1.165) is 73.8 Å². The highest BCUT2D eigenvalue weighted by atomic mass is 15.1. The van der Waals surface area contributed by atoms with Gasteiger partial charge in [0.15, 0.2) is 0 Å². The minimum Gasteiger partial charge on any atom is -0.358 e. The summed E-state index contributed by atoms with van der Waals surface area (Å²) in [6, 6.07) is 8.11. The van der Waals surface area contributed by atoms with Crippen LogP contribution < -0.4 is 5.32 Å². The normalized spacial score (nSPS) is 11.4. The fourth-order valence-electron chi connectivity index (χ4n) is 4.14. The van der Waals surface area contributed by atoms with E-state index in [1.807, 2.05) is 42.2 Å². The van der Waals surface area contributed by atoms with Crippen LogP contribution >= 0.6 is 0 Å². The Morgan fingerprint density at radius 3 is 2.83 bits per heavy atom. The van der Waals surface area contributed by atoms with Gasteiger partial charge in [0.1, 0.15) is 11.3 Å². The Bertz CT molecular complexity index is 1700. The van der Waals surface area contributed by atoms with Crippen molar-refractivity contribution in [1.82, 2.24) is 39.7 Å². The van der Waals surface area contributed by atoms with Crippen molar-refractivity contribution < 1.29 is 0 Å². The summed E-state index contributed by atoms with van der Waals surface area (Å²) < 4.78 is 2.00. The van der Waals surface area contributed by atoms with Crippen molar-refractivity contribution in [3.8, 4) is 28.3 Å². The van der Waals surface area contributed by atoms with Crippen molar-refractivity contribution in [3.63, 3.8) is 0 Å². The number of imidazole rings is 1. The fraction of sp³-hybridized carbons (Fsp3) is 0.115. The van der Waals surface area contributed by atoms with E-state index in [1.54, 1.807) is 24.8 Å². The van der Waals surface area contributed by atoms with E-state index in [-0.39, 0.29) is 0 Å². The van der Waals surface area contributed by atoms with Crippen LogP contribution in [-0.4, -0.2) is 39.7 Å². The zero-order valence-corrected chi connectivity index (χ0v) is 19.4. The van der Waals surface area contributed by atoms with Gasteiger partial charge in [-0.1, -0.05) is 13.5 Å². The number of H-pyrrole nitrogens is 2. The first-order valence-electron chi connectivity index (χ1n) is 11.3. The number of pyridine rings is 3. The first-order chi connectivity index (χ1) is 17.1. The number of aryl methyl sites for hydroxylation is 1. The predicted octanol–water partition coefficient (Wildman–Crippen LogP) is 5.39. The maximum absolute atomic E-state index is 4.63. The third-order valence-electron chi connectivity index (χ3n) is 5.98. The molecule has 0 aliphatic heterocycles. The Labute approximate surface area is 201 Å². The number of hydrogen-bond acceptors (Lipinski definition) is 6. The molecule has 0 fully saturated rings. The molecule has 0 atom stereocenters. The predicted molar refractivity (Wildman–Crippen MR) is 137 cm³/mol. The highest BCUT2D eigenvalue weighted by Gasteiger charge is 2.15. The quantitative estimate of drug-likeness (QED) is 0.306. The molecule has 6 aromatic heterocycles. The van der Waals surface area contributed by atoms with E-state index < -0.39 is 0 Å². The molecule has 0 aliphatic rings. The average molecular weight is 462 g/mol. The minimum atomic E-state index is 0.786. The molecule has 6 heterocycles. The number of nitrogens with zero attached hydrogens (tertiary/aromatic N) is 6. The molecule has 172 valence electrons. The molecule has 9 nitrogen and oxygen atoms in total. The minimum absolute atomic E-state index is 0.786. The zero-order valence-electron chi connectivity index (χ0n) is 19.4. The van der Waals surface area contributed by atoms with Gasteiger partial charge in [0.05, 0.1) is 52.7 Å². The maximum atomic E-state index is 4.63. The third kappa shape index (κ3) is 3.72. The average Bonchev–Trinajstić information content (AvgIpc) is 3.61. The van der Waals surface area contributed by atoms with Crippen molar-refractivity contribution in [3.05, 3.63) is 79.5 Å². The molecule has 0 amide bonds. The second kappa shape index (κ2) is 8.21. The molecule has 35 heavy (non-hydrogen) atoms. The van der Waals surface area contributed by atoms with Crippen LogP contribution in [0.4, 0.5) is 5.69 Å². The molecule has 0 spiro atoms. The summed E-state index contributed by atoms with van der Waals surface area (Å²) in [4.78, 5) is 21.3. The maximum Gasteiger partial charge on any atom is 0.139 e. The molecule has 0 saturated carbocycles. The highest BCUT2D eigenvalue weighted by Crippen LogP contribution is 2.32. The number of hydrogen-bond donors (Lipinski definition) is 3. The largest absolute Gasteiger partial charge is 0.358 e. The van der Waals surface area contributed by atoms with Gasteiger partial charge in [-0.2, -0.15) is 5.10 Å². The monoisotopic (exact) mass is 461 g/mol. The van der Waals surface area contributed by atoms with Crippen molar-refractivity contribution in [2.75, 3.05) is 5.32 Å². The summed E-state index contributed by atoms with van der Waals surface area (Å²) in [5, 5.41) is 12.9. The fourth-order valence-corrected chi connectivity index (χ4v) is 4.14. The molecular weight excluding hydrogens is 438 g/mol. The standard InChI is InChI=1S/C26H23N9/c1-4-15(2)31-18-7-17(10-27-11-18)21-8-19-23(12-29-21)33-34-25(19)22-9-20-24(5-6-28-26(20)32-22)35-13-16(3)30-14-35/h5-14,31H,2,4H2,1,3H3,(H,28,32)(H,33,34). The van der Waals surface area contributed by atoms with E-state index in [1.165, 1.54) is 0 Å². The lowest BCUT2D eigenvalue weighted by molar-refractivity contribution is 1.06. The van der Waals surface area contributed by atoms with Gasteiger partial charge in [0.25, 0.3) is 0 Å². The summed E-state index contributed by atoms with van der Waals surface area (Å²) in [6.07, 6.45) is 11.8. The SMILES string of the molecule is C=C(CC)Nc1cncc(-c2cc3c(-c4cc5c(-n6cnc(C)c6)ccnc5[nH]4)n[nH]c3cn2)c1. The van der Waals surface area contributed by atoms with Crippen LogP contribution in [-0.2, 0) is 0 Å². The van der Waals surface area contributed by atoms with Crippen LogP contribution in [0.15, 0.2) is 73.9 Å². The second-order valence-electron chi connectivity index (χ2n) is 8.43. The molecule has 3 N–H and O–H groups in total. The Balaban J connectivity index is 1.43. The van der Waals surface area contributed by atoms with Gasteiger partial charge in [-0.3, -0.25) is 15.1 Å². The van der Waals surface area contributed by atoms with Crippen LogP contribution in [0.25, 0.3) is 50.3 Å². The molecule has 6 aromatic rings. The lowest BCUT2D eigenvalue weighted by Gasteiger charge is -2.08. The summed E-state index contributed by atoms with van der Waals surface area (Å²) in [6.45, 7) is 8.04. The van der Waals surface area contributed by atoms with Crippen LogP contribution in [0.1, 0.15) is 19.0 Å². The van der Waals surface area contributed by atoms with Crippen LogP contribution in [0.3, 0.4) is 0 Å². The molecule has 0 saturated heterocycles. The molecule has 0 aliphatic carbocycles. The van der Waals surface area contributed by atoms with E-state index in [2.05, 4.69) is 60.0 Å². The smallest absolute Gasteiger partial charge is 0.139 e. The van der Waals surface area contributed by atoms with E-state index in [9.17, 15) is 0 Å². The topological polar surface area (TPSA) is 113 Å². The number of aromatic amines is 2. The van der Waals surface area contributed by atoms with Crippen molar-refractivity contribution in [2.24, 2.45) is 0 Å².